The van der Waals surface area contributed by atoms with E-state index in [1.165, 1.54) is 0 Å². The largest absolute Gasteiger partial charge is 0.399 e. The van der Waals surface area contributed by atoms with Crippen molar-refractivity contribution in [3.8, 4) is 0 Å². The SMILES string of the molecule is N=c1c(N)nc2cc(N)ccc2n1NCc1ccccc1. The van der Waals surface area contributed by atoms with Crippen molar-refractivity contribution in [2.75, 3.05) is 16.9 Å². The first-order valence-electron chi connectivity index (χ1n) is 6.55. The van der Waals surface area contributed by atoms with Crippen molar-refractivity contribution in [2.24, 2.45) is 0 Å². The molecule has 6 heteroatoms. The van der Waals surface area contributed by atoms with Crippen LogP contribution in [0.25, 0.3) is 11.0 Å². The van der Waals surface area contributed by atoms with Crippen molar-refractivity contribution < 1.29 is 0 Å². The Hall–Kier alpha value is -3.02. The first-order valence-corrected chi connectivity index (χ1v) is 6.55. The van der Waals surface area contributed by atoms with Gasteiger partial charge in [-0.15, -0.1) is 0 Å². The van der Waals surface area contributed by atoms with Gasteiger partial charge in [-0.25, -0.2) is 9.66 Å². The number of nitrogen functional groups attached to an aromatic ring is 2. The minimum absolute atomic E-state index is 0.128. The molecule has 0 unspecified atom stereocenters. The predicted octanol–water partition coefficient (Wildman–Crippen LogP) is 1.42. The highest BCUT2D eigenvalue weighted by atomic mass is 15.4. The number of nitrogens with one attached hydrogen (secondary N) is 2. The maximum Gasteiger partial charge on any atom is 0.187 e. The third-order valence-electron chi connectivity index (χ3n) is 3.23. The van der Waals surface area contributed by atoms with E-state index in [1.54, 1.807) is 16.8 Å². The summed E-state index contributed by atoms with van der Waals surface area (Å²) in [5, 5.41) is 8.08. The van der Waals surface area contributed by atoms with E-state index >= 15 is 0 Å². The topological polar surface area (TPSA) is 106 Å². The molecular formula is C15H16N6. The fraction of sp³-hybridized carbons (Fsp3) is 0.0667. The molecule has 0 saturated carbocycles. The Balaban J connectivity index is 2.04. The smallest absolute Gasteiger partial charge is 0.187 e. The molecule has 0 bridgehead atoms. The van der Waals surface area contributed by atoms with Gasteiger partial charge in [0, 0.05) is 5.69 Å². The highest BCUT2D eigenvalue weighted by Gasteiger charge is 2.06. The third kappa shape index (κ3) is 2.51. The lowest BCUT2D eigenvalue weighted by Gasteiger charge is -2.15. The van der Waals surface area contributed by atoms with E-state index in [0.717, 1.165) is 11.1 Å². The van der Waals surface area contributed by atoms with Crippen LogP contribution in [0, 0.1) is 5.41 Å². The van der Waals surface area contributed by atoms with Crippen LogP contribution in [0.1, 0.15) is 5.56 Å². The van der Waals surface area contributed by atoms with Gasteiger partial charge in [0.25, 0.3) is 0 Å². The maximum absolute atomic E-state index is 8.08. The van der Waals surface area contributed by atoms with Crippen molar-refractivity contribution in [1.29, 1.82) is 5.41 Å². The minimum Gasteiger partial charge on any atom is -0.399 e. The normalized spacial score (nSPS) is 10.7. The summed E-state index contributed by atoms with van der Waals surface area (Å²) >= 11 is 0. The van der Waals surface area contributed by atoms with Gasteiger partial charge in [0.15, 0.2) is 11.3 Å². The van der Waals surface area contributed by atoms with Crippen LogP contribution < -0.4 is 22.4 Å². The number of rotatable bonds is 3. The number of hydrogen-bond donors (Lipinski definition) is 4. The Kier molecular flexibility index (Phi) is 3.19. The van der Waals surface area contributed by atoms with Gasteiger partial charge in [-0.3, -0.25) is 5.41 Å². The summed E-state index contributed by atoms with van der Waals surface area (Å²) in [6, 6.07) is 15.3. The van der Waals surface area contributed by atoms with Crippen molar-refractivity contribution in [3.63, 3.8) is 0 Å². The second-order valence-electron chi connectivity index (χ2n) is 4.75. The summed E-state index contributed by atoms with van der Waals surface area (Å²) < 4.78 is 1.63. The number of fused-ring (bicyclic) bond motifs is 1. The molecule has 21 heavy (non-hydrogen) atoms. The molecule has 1 aromatic heterocycles. The predicted molar refractivity (Wildman–Crippen MR) is 83.9 cm³/mol. The van der Waals surface area contributed by atoms with E-state index < -0.39 is 0 Å². The molecule has 0 aliphatic rings. The lowest BCUT2D eigenvalue weighted by atomic mass is 10.2. The number of aromatic nitrogens is 2. The van der Waals surface area contributed by atoms with Crippen LogP contribution in [0.2, 0.25) is 0 Å². The van der Waals surface area contributed by atoms with Crippen LogP contribution in [-0.2, 0) is 6.54 Å². The number of hydrogen-bond acceptors (Lipinski definition) is 5. The standard InChI is InChI=1S/C15H16N6/c16-11-6-7-13-12(8-11)20-14(17)15(18)21(13)19-9-10-4-2-1-3-5-10/h1-8,18-19H,9,16H2,(H2,17,20). The molecule has 1 heterocycles. The number of nitrogens with two attached hydrogens (primary N) is 2. The highest BCUT2D eigenvalue weighted by molar-refractivity contribution is 5.79. The lowest BCUT2D eigenvalue weighted by Crippen LogP contribution is -2.31. The summed E-state index contributed by atoms with van der Waals surface area (Å²) in [4.78, 5) is 4.20. The minimum atomic E-state index is 0.128. The van der Waals surface area contributed by atoms with E-state index in [2.05, 4.69) is 10.4 Å². The quantitative estimate of drug-likeness (QED) is 0.544. The molecule has 0 radical (unpaired) electrons. The van der Waals surface area contributed by atoms with Gasteiger partial charge >= 0.3 is 0 Å². The molecule has 0 aliphatic carbocycles. The van der Waals surface area contributed by atoms with E-state index in [4.69, 9.17) is 16.9 Å². The van der Waals surface area contributed by atoms with Gasteiger partial charge in [0.1, 0.15) is 0 Å². The van der Waals surface area contributed by atoms with Crippen molar-refractivity contribution in [2.45, 2.75) is 6.54 Å². The first kappa shape index (κ1) is 13.0. The summed E-state index contributed by atoms with van der Waals surface area (Å²) in [6.45, 7) is 0.584. The molecule has 0 spiro atoms. The molecule has 3 rings (SSSR count). The Labute approximate surface area is 121 Å². The van der Waals surface area contributed by atoms with Gasteiger partial charge in [0.2, 0.25) is 0 Å². The van der Waals surface area contributed by atoms with Gasteiger partial charge in [-0.2, -0.15) is 0 Å². The monoisotopic (exact) mass is 280 g/mol. The van der Waals surface area contributed by atoms with E-state index in [0.29, 0.717) is 17.7 Å². The third-order valence-corrected chi connectivity index (χ3v) is 3.23. The average molecular weight is 280 g/mol. The molecule has 0 atom stereocenters. The molecule has 0 amide bonds. The number of anilines is 2. The highest BCUT2D eigenvalue weighted by Crippen LogP contribution is 2.14. The number of nitrogens with zero attached hydrogens (tertiary/aromatic N) is 2. The van der Waals surface area contributed by atoms with Crippen molar-refractivity contribution in [3.05, 3.63) is 59.6 Å². The zero-order valence-corrected chi connectivity index (χ0v) is 11.4. The summed E-state index contributed by atoms with van der Waals surface area (Å²) in [5.74, 6) is 0.161. The Morgan fingerprint density at radius 2 is 1.86 bits per heavy atom. The Morgan fingerprint density at radius 3 is 2.62 bits per heavy atom. The molecule has 6 nitrogen and oxygen atoms in total. The van der Waals surface area contributed by atoms with Gasteiger partial charge in [0.05, 0.1) is 17.6 Å². The maximum atomic E-state index is 8.08. The van der Waals surface area contributed by atoms with Crippen LogP contribution in [0.15, 0.2) is 48.5 Å². The average Bonchev–Trinajstić information content (AvgIpc) is 2.49. The Morgan fingerprint density at radius 1 is 1.10 bits per heavy atom. The molecule has 0 saturated heterocycles. The molecular weight excluding hydrogens is 264 g/mol. The van der Waals surface area contributed by atoms with Crippen LogP contribution in [0.3, 0.4) is 0 Å². The second kappa shape index (κ2) is 5.16. The molecule has 0 aliphatic heterocycles. The zero-order chi connectivity index (χ0) is 14.8. The molecule has 0 fully saturated rings. The zero-order valence-electron chi connectivity index (χ0n) is 11.4. The van der Waals surface area contributed by atoms with Crippen LogP contribution >= 0.6 is 0 Å². The molecule has 3 aromatic rings. The lowest BCUT2D eigenvalue weighted by molar-refractivity contribution is 0.800. The Bertz CT molecular complexity index is 838. The van der Waals surface area contributed by atoms with Gasteiger partial charge in [-0.1, -0.05) is 30.3 Å². The fourth-order valence-electron chi connectivity index (χ4n) is 2.17. The van der Waals surface area contributed by atoms with Crippen LogP contribution in [0.4, 0.5) is 11.5 Å². The van der Waals surface area contributed by atoms with E-state index in [-0.39, 0.29) is 11.3 Å². The molecule has 2 aromatic carbocycles. The summed E-state index contributed by atoms with van der Waals surface area (Å²) in [6.07, 6.45) is 0. The van der Waals surface area contributed by atoms with Crippen LogP contribution in [0.5, 0.6) is 0 Å². The van der Waals surface area contributed by atoms with E-state index in [1.807, 2.05) is 36.4 Å². The summed E-state index contributed by atoms with van der Waals surface area (Å²) in [5.41, 5.74) is 18.1. The van der Waals surface area contributed by atoms with Crippen molar-refractivity contribution in [1.82, 2.24) is 9.66 Å². The van der Waals surface area contributed by atoms with Crippen LogP contribution in [-0.4, -0.2) is 9.66 Å². The number of benzene rings is 2. The summed E-state index contributed by atoms with van der Waals surface area (Å²) in [7, 11) is 0. The van der Waals surface area contributed by atoms with Crippen molar-refractivity contribution >= 4 is 22.5 Å². The fourth-order valence-corrected chi connectivity index (χ4v) is 2.17. The molecule has 6 N–H and O–H groups in total. The first-order chi connectivity index (χ1) is 10.1. The second-order valence-corrected chi connectivity index (χ2v) is 4.75. The molecule has 106 valence electrons. The van der Waals surface area contributed by atoms with Gasteiger partial charge < -0.3 is 16.9 Å². The van der Waals surface area contributed by atoms with Gasteiger partial charge in [-0.05, 0) is 23.8 Å². The van der Waals surface area contributed by atoms with E-state index in [9.17, 15) is 0 Å².